The molecule has 0 bridgehead atoms. The van der Waals surface area contributed by atoms with E-state index in [4.69, 9.17) is 4.74 Å². The number of phenols is 1. The zero-order valence-electron chi connectivity index (χ0n) is 15.9. The first-order valence-electron chi connectivity index (χ1n) is 8.94. The van der Waals surface area contributed by atoms with Crippen LogP contribution in [0.4, 0.5) is 0 Å². The Balaban J connectivity index is 2.53. The molecule has 2 aromatic carbocycles. The fraction of sp³-hybridized carbons (Fsp3) is 0.409. The molecular weight excluding hydrogens is 310 g/mol. The van der Waals surface area contributed by atoms with Gasteiger partial charge in [-0.3, -0.25) is 4.99 Å². The Bertz CT molecular complexity index is 716. The summed E-state index contributed by atoms with van der Waals surface area (Å²) in [5, 5.41) is 10.9. The molecule has 0 aliphatic rings. The van der Waals surface area contributed by atoms with Gasteiger partial charge in [-0.2, -0.15) is 0 Å². The Morgan fingerprint density at radius 3 is 2.32 bits per heavy atom. The first-order chi connectivity index (χ1) is 11.9. The van der Waals surface area contributed by atoms with Gasteiger partial charge < -0.3 is 9.84 Å². The Labute approximate surface area is 151 Å². The molecule has 0 unspecified atom stereocenters. The van der Waals surface area contributed by atoms with Gasteiger partial charge >= 0.3 is 0 Å². The van der Waals surface area contributed by atoms with Crippen molar-refractivity contribution in [3.8, 4) is 11.5 Å². The summed E-state index contributed by atoms with van der Waals surface area (Å²) in [5.41, 5.74) is 2.33. The van der Waals surface area contributed by atoms with Gasteiger partial charge in [-0.1, -0.05) is 58.0 Å². The number of nitrogens with zero attached hydrogens (tertiary/aromatic N) is 1. The average molecular weight is 339 g/mol. The summed E-state index contributed by atoms with van der Waals surface area (Å²) in [6.45, 7) is 8.47. The number of benzene rings is 2. The van der Waals surface area contributed by atoms with Crippen molar-refractivity contribution in [2.24, 2.45) is 4.99 Å². The minimum absolute atomic E-state index is 0.268. The van der Waals surface area contributed by atoms with E-state index >= 15 is 0 Å². The molecule has 0 aromatic heterocycles. The maximum Gasteiger partial charge on any atom is 0.128 e. The lowest BCUT2D eigenvalue weighted by atomic mass is 9.77. The van der Waals surface area contributed by atoms with Crippen molar-refractivity contribution in [2.75, 3.05) is 7.11 Å². The van der Waals surface area contributed by atoms with E-state index in [1.165, 1.54) is 0 Å². The number of phenolic OH excluding ortho intramolecular Hbond substituents is 1. The molecule has 2 rings (SSSR count). The van der Waals surface area contributed by atoms with Gasteiger partial charge in [0, 0.05) is 28.8 Å². The first-order valence-corrected chi connectivity index (χ1v) is 8.94. The van der Waals surface area contributed by atoms with Crippen molar-refractivity contribution in [3.63, 3.8) is 0 Å². The lowest BCUT2D eigenvalue weighted by Gasteiger charge is -2.28. The van der Waals surface area contributed by atoms with E-state index in [2.05, 4.69) is 44.8 Å². The molecule has 0 amide bonds. The summed E-state index contributed by atoms with van der Waals surface area (Å²) in [6.07, 6.45) is 3.75. The van der Waals surface area contributed by atoms with Crippen LogP contribution in [0.3, 0.4) is 0 Å². The highest BCUT2D eigenvalue weighted by Crippen LogP contribution is 2.40. The third-order valence-corrected chi connectivity index (χ3v) is 4.88. The molecular formula is C22H29NO2. The maximum atomic E-state index is 10.9. The number of hydrogen-bond donors (Lipinski definition) is 1. The van der Waals surface area contributed by atoms with Crippen LogP contribution in [-0.4, -0.2) is 24.5 Å². The monoisotopic (exact) mass is 339 g/mol. The molecule has 3 heteroatoms. The molecule has 0 radical (unpaired) electrons. The predicted octanol–water partition coefficient (Wildman–Crippen LogP) is 5.33. The van der Waals surface area contributed by atoms with Crippen molar-refractivity contribution in [1.29, 1.82) is 0 Å². The highest BCUT2D eigenvalue weighted by atomic mass is 16.5. The summed E-state index contributed by atoms with van der Waals surface area (Å²) in [6, 6.07) is 14.2. The molecule has 3 nitrogen and oxygen atoms in total. The normalized spacial score (nSPS) is 12.1. The SMILES string of the molecule is CCC(CC)N=Cc1cc(OC)cc(C(C)(C)c2ccccc2)c1O. The molecule has 0 aliphatic heterocycles. The molecule has 1 N–H and O–H groups in total. The van der Waals surface area contributed by atoms with Crippen LogP contribution in [0.15, 0.2) is 47.5 Å². The second-order valence-electron chi connectivity index (χ2n) is 6.85. The van der Waals surface area contributed by atoms with Crippen LogP contribution in [0.25, 0.3) is 0 Å². The zero-order valence-corrected chi connectivity index (χ0v) is 15.9. The van der Waals surface area contributed by atoms with Gasteiger partial charge in [0.15, 0.2) is 0 Å². The lowest BCUT2D eigenvalue weighted by molar-refractivity contribution is 0.407. The average Bonchev–Trinajstić information content (AvgIpc) is 2.64. The molecule has 0 heterocycles. The maximum absolute atomic E-state index is 10.9. The van der Waals surface area contributed by atoms with Crippen LogP contribution >= 0.6 is 0 Å². The van der Waals surface area contributed by atoms with Gasteiger partial charge in [-0.05, 0) is 30.5 Å². The number of aliphatic imine (C=N–C) groups is 1. The minimum atomic E-state index is -0.350. The smallest absolute Gasteiger partial charge is 0.128 e. The molecule has 0 aliphatic carbocycles. The Morgan fingerprint density at radius 1 is 1.12 bits per heavy atom. The van der Waals surface area contributed by atoms with Crippen LogP contribution in [0.5, 0.6) is 11.5 Å². The number of ether oxygens (including phenoxy) is 1. The summed E-state index contributed by atoms with van der Waals surface area (Å²) in [4.78, 5) is 4.62. The highest BCUT2D eigenvalue weighted by Gasteiger charge is 2.28. The predicted molar refractivity (Wildman–Crippen MR) is 105 cm³/mol. The van der Waals surface area contributed by atoms with Gasteiger partial charge in [0.25, 0.3) is 0 Å². The van der Waals surface area contributed by atoms with Crippen molar-refractivity contribution >= 4 is 6.21 Å². The summed E-state index contributed by atoms with van der Waals surface area (Å²) < 4.78 is 5.47. The van der Waals surface area contributed by atoms with E-state index in [-0.39, 0.29) is 17.2 Å². The van der Waals surface area contributed by atoms with Gasteiger partial charge in [0.1, 0.15) is 11.5 Å². The second kappa shape index (κ2) is 8.19. The molecule has 2 aromatic rings. The topological polar surface area (TPSA) is 41.8 Å². The van der Waals surface area contributed by atoms with Crippen LogP contribution < -0.4 is 4.74 Å². The Kier molecular flexibility index (Phi) is 6.24. The van der Waals surface area contributed by atoms with Crippen molar-refractivity contribution in [3.05, 3.63) is 59.2 Å². The third-order valence-electron chi connectivity index (χ3n) is 4.88. The zero-order chi connectivity index (χ0) is 18.4. The fourth-order valence-corrected chi connectivity index (χ4v) is 3.02. The number of hydrogen-bond acceptors (Lipinski definition) is 3. The van der Waals surface area contributed by atoms with E-state index in [9.17, 15) is 5.11 Å². The molecule has 0 atom stereocenters. The largest absolute Gasteiger partial charge is 0.507 e. The van der Waals surface area contributed by atoms with Gasteiger partial charge in [0.05, 0.1) is 7.11 Å². The first kappa shape index (κ1) is 19.0. The van der Waals surface area contributed by atoms with Gasteiger partial charge in [-0.15, -0.1) is 0 Å². The summed E-state index contributed by atoms with van der Waals surface area (Å²) in [7, 11) is 1.65. The van der Waals surface area contributed by atoms with Crippen LogP contribution in [-0.2, 0) is 5.41 Å². The second-order valence-corrected chi connectivity index (χ2v) is 6.85. The van der Waals surface area contributed by atoms with E-state index in [1.54, 1.807) is 13.3 Å². The molecule has 134 valence electrons. The molecule has 25 heavy (non-hydrogen) atoms. The van der Waals surface area contributed by atoms with Crippen LogP contribution in [0.1, 0.15) is 57.2 Å². The number of methoxy groups -OCH3 is 1. The molecule has 0 saturated carbocycles. The number of rotatable bonds is 7. The molecule has 0 fully saturated rings. The summed E-state index contributed by atoms with van der Waals surface area (Å²) in [5.74, 6) is 0.993. The third kappa shape index (κ3) is 4.22. The number of aromatic hydroxyl groups is 1. The van der Waals surface area contributed by atoms with Crippen molar-refractivity contribution < 1.29 is 9.84 Å². The fourth-order valence-electron chi connectivity index (χ4n) is 3.02. The van der Waals surface area contributed by atoms with Crippen LogP contribution in [0.2, 0.25) is 0 Å². The highest BCUT2D eigenvalue weighted by molar-refractivity contribution is 5.85. The van der Waals surface area contributed by atoms with E-state index in [0.717, 1.165) is 29.7 Å². The quantitative estimate of drug-likeness (QED) is 0.692. The summed E-state index contributed by atoms with van der Waals surface area (Å²) >= 11 is 0. The Morgan fingerprint density at radius 2 is 1.76 bits per heavy atom. The van der Waals surface area contributed by atoms with Crippen molar-refractivity contribution in [1.82, 2.24) is 0 Å². The van der Waals surface area contributed by atoms with Gasteiger partial charge in [-0.25, -0.2) is 0 Å². The Hall–Kier alpha value is -2.29. The van der Waals surface area contributed by atoms with E-state index < -0.39 is 0 Å². The van der Waals surface area contributed by atoms with E-state index in [0.29, 0.717) is 5.56 Å². The molecule has 0 saturated heterocycles. The van der Waals surface area contributed by atoms with E-state index in [1.807, 2.05) is 30.3 Å². The van der Waals surface area contributed by atoms with Gasteiger partial charge in [0.2, 0.25) is 0 Å². The molecule has 0 spiro atoms. The standard InChI is InChI=1S/C22H29NO2/c1-6-18(7-2)23-15-16-13-19(25-5)14-20(21(16)24)22(3,4)17-11-9-8-10-12-17/h8-15,18,24H,6-7H2,1-5H3. The lowest BCUT2D eigenvalue weighted by Crippen LogP contribution is -2.19. The van der Waals surface area contributed by atoms with Crippen molar-refractivity contribution in [2.45, 2.75) is 52.0 Å². The minimum Gasteiger partial charge on any atom is -0.507 e. The van der Waals surface area contributed by atoms with Crippen LogP contribution in [0, 0.1) is 0 Å².